The second-order valence-corrected chi connectivity index (χ2v) is 7.12. The Labute approximate surface area is 177 Å². The zero-order valence-electron chi connectivity index (χ0n) is 16.5. The first-order valence-electron chi connectivity index (χ1n) is 9.63. The number of carbonyl (C=O) groups is 2. The second kappa shape index (κ2) is 8.66. The third-order valence-corrected chi connectivity index (χ3v) is 5.24. The Bertz CT molecular complexity index is 1240. The quantitative estimate of drug-likeness (QED) is 0.432. The van der Waals surface area contributed by atoms with E-state index in [1.165, 1.54) is 0 Å². The molecule has 5 rings (SSSR count). The van der Waals surface area contributed by atoms with Crippen LogP contribution in [0.2, 0.25) is 0 Å². The molecule has 1 unspecified atom stereocenters. The molecule has 3 heterocycles. The van der Waals surface area contributed by atoms with Gasteiger partial charge >= 0.3 is 0 Å². The van der Waals surface area contributed by atoms with Crippen LogP contribution >= 0.6 is 0 Å². The first-order valence-corrected chi connectivity index (χ1v) is 9.63. The maximum Gasteiger partial charge on any atom is 0.290 e. The smallest absolute Gasteiger partial charge is 0.290 e. The molecule has 0 radical (unpaired) electrons. The predicted molar refractivity (Wildman–Crippen MR) is 114 cm³/mol. The Morgan fingerprint density at radius 1 is 1.13 bits per heavy atom. The first kappa shape index (κ1) is 20.1. The van der Waals surface area contributed by atoms with E-state index < -0.39 is 0 Å². The summed E-state index contributed by atoms with van der Waals surface area (Å²) in [5, 5.41) is 17.7. The number of fused-ring (bicyclic) bond motifs is 2. The van der Waals surface area contributed by atoms with E-state index in [0.29, 0.717) is 18.7 Å². The van der Waals surface area contributed by atoms with Gasteiger partial charge in [-0.1, -0.05) is 18.2 Å². The molecule has 4 aromatic rings. The number of amides is 1. The highest BCUT2D eigenvalue weighted by atomic mass is 16.3. The van der Waals surface area contributed by atoms with E-state index in [0.717, 1.165) is 27.9 Å². The molecule has 0 spiro atoms. The van der Waals surface area contributed by atoms with E-state index in [9.17, 15) is 9.90 Å². The van der Waals surface area contributed by atoms with E-state index in [4.69, 9.17) is 9.90 Å². The number of carboxylic acid groups (broad SMARTS) is 1. The molecule has 0 bridgehead atoms. The van der Waals surface area contributed by atoms with Crippen molar-refractivity contribution in [3.63, 3.8) is 0 Å². The predicted octanol–water partition coefficient (Wildman–Crippen LogP) is 3.15. The highest BCUT2D eigenvalue weighted by Gasteiger charge is 2.32. The van der Waals surface area contributed by atoms with Crippen LogP contribution in [-0.2, 0) is 11.3 Å². The van der Waals surface area contributed by atoms with Crippen molar-refractivity contribution in [2.45, 2.75) is 12.5 Å². The van der Waals surface area contributed by atoms with E-state index in [2.05, 4.69) is 15.0 Å². The number of H-pyrrole nitrogens is 1. The maximum atomic E-state index is 13.2. The van der Waals surface area contributed by atoms with Crippen molar-refractivity contribution in [3.05, 3.63) is 89.6 Å². The third kappa shape index (κ3) is 4.09. The number of nitrogens with zero attached hydrogens (tertiary/aromatic N) is 3. The fourth-order valence-corrected chi connectivity index (χ4v) is 3.87. The molecule has 1 aliphatic heterocycles. The zero-order chi connectivity index (χ0) is 21.8. The van der Waals surface area contributed by atoms with Gasteiger partial charge in [-0.3, -0.25) is 14.6 Å². The fourth-order valence-electron chi connectivity index (χ4n) is 3.87. The van der Waals surface area contributed by atoms with E-state index in [-0.39, 0.29) is 24.0 Å². The van der Waals surface area contributed by atoms with Crippen LogP contribution in [0.1, 0.15) is 33.2 Å². The molecular formula is C23H20N4O4. The number of imidazole rings is 1. The number of aromatic amines is 1. The number of rotatable bonds is 2. The van der Waals surface area contributed by atoms with Gasteiger partial charge < -0.3 is 20.1 Å². The molecule has 8 nitrogen and oxygen atoms in total. The number of nitrogens with one attached hydrogen (secondary N) is 1. The Morgan fingerprint density at radius 3 is 2.77 bits per heavy atom. The van der Waals surface area contributed by atoms with Crippen LogP contribution in [0.4, 0.5) is 0 Å². The Kier molecular flexibility index (Phi) is 5.61. The van der Waals surface area contributed by atoms with Gasteiger partial charge in [0.25, 0.3) is 12.4 Å². The van der Waals surface area contributed by atoms with Gasteiger partial charge in [0, 0.05) is 29.6 Å². The molecule has 2 aromatic heterocycles. The maximum absolute atomic E-state index is 13.2. The monoisotopic (exact) mass is 416 g/mol. The van der Waals surface area contributed by atoms with E-state index in [1.54, 1.807) is 24.7 Å². The lowest BCUT2D eigenvalue weighted by Gasteiger charge is -2.32. The SMILES string of the molecule is O=C(c1ccc2ncccc2c1)N1Cc2[nH]cnc2C(c2cccc(O)c2)C1.O=CO. The van der Waals surface area contributed by atoms with E-state index in [1.807, 2.05) is 47.4 Å². The molecule has 1 aliphatic rings. The Hall–Kier alpha value is -4.20. The number of carbonyl (C=O) groups excluding carboxylic acids is 1. The first-order chi connectivity index (χ1) is 15.1. The lowest BCUT2D eigenvalue weighted by atomic mass is 9.90. The molecule has 0 fully saturated rings. The summed E-state index contributed by atoms with van der Waals surface area (Å²) >= 11 is 0. The van der Waals surface area contributed by atoms with Crippen LogP contribution in [-0.4, -0.2) is 49.0 Å². The molecule has 0 saturated heterocycles. The van der Waals surface area contributed by atoms with Crippen molar-refractivity contribution in [2.24, 2.45) is 0 Å². The molecule has 156 valence electrons. The Balaban J connectivity index is 0.000000730. The zero-order valence-corrected chi connectivity index (χ0v) is 16.5. The Morgan fingerprint density at radius 2 is 1.97 bits per heavy atom. The number of hydrogen-bond acceptors (Lipinski definition) is 5. The van der Waals surface area contributed by atoms with Crippen LogP contribution in [0.3, 0.4) is 0 Å². The van der Waals surface area contributed by atoms with Gasteiger partial charge in [0.05, 0.1) is 29.8 Å². The second-order valence-electron chi connectivity index (χ2n) is 7.12. The van der Waals surface area contributed by atoms with Crippen molar-refractivity contribution in [1.29, 1.82) is 0 Å². The number of aromatic hydroxyl groups is 1. The number of pyridine rings is 1. The van der Waals surface area contributed by atoms with Crippen LogP contribution < -0.4 is 0 Å². The molecule has 1 atom stereocenters. The normalized spacial score (nSPS) is 15.0. The lowest BCUT2D eigenvalue weighted by molar-refractivity contribution is -0.122. The minimum atomic E-state index is -0.250. The van der Waals surface area contributed by atoms with Crippen molar-refractivity contribution in [2.75, 3.05) is 6.54 Å². The number of phenols is 1. The number of hydrogen-bond donors (Lipinski definition) is 3. The number of benzene rings is 2. The average Bonchev–Trinajstić information content (AvgIpc) is 3.27. The summed E-state index contributed by atoms with van der Waals surface area (Å²) in [7, 11) is 0. The van der Waals surface area contributed by atoms with Gasteiger partial charge in [0.1, 0.15) is 5.75 Å². The molecule has 31 heavy (non-hydrogen) atoms. The molecule has 0 saturated carbocycles. The summed E-state index contributed by atoms with van der Waals surface area (Å²) in [5.74, 6) is 0.0874. The van der Waals surface area contributed by atoms with Gasteiger partial charge in [-0.25, -0.2) is 4.98 Å². The molecule has 2 aromatic carbocycles. The van der Waals surface area contributed by atoms with Crippen molar-refractivity contribution < 1.29 is 19.8 Å². The minimum absolute atomic E-state index is 0.0313. The number of phenolic OH excluding ortho intramolecular Hbond substituents is 1. The molecular weight excluding hydrogens is 396 g/mol. The molecule has 3 N–H and O–H groups in total. The molecule has 0 aliphatic carbocycles. The number of aromatic nitrogens is 3. The van der Waals surface area contributed by atoms with Gasteiger partial charge in [0.15, 0.2) is 0 Å². The standard InChI is InChI=1S/C22H18N4O2.CH2O2/c27-17-5-1-3-14(10-17)18-11-26(12-20-21(18)25-13-24-20)22(28)16-6-7-19-15(9-16)4-2-8-23-19;2-1-3/h1-10,13,18,27H,11-12H2,(H,24,25);1H,(H,2,3). The van der Waals surface area contributed by atoms with Crippen molar-refractivity contribution in [3.8, 4) is 5.75 Å². The average molecular weight is 416 g/mol. The minimum Gasteiger partial charge on any atom is -0.508 e. The van der Waals surface area contributed by atoms with Gasteiger partial charge in [-0.2, -0.15) is 0 Å². The van der Waals surface area contributed by atoms with Crippen LogP contribution in [0.15, 0.2) is 67.1 Å². The van der Waals surface area contributed by atoms with E-state index >= 15 is 0 Å². The van der Waals surface area contributed by atoms with Crippen molar-refractivity contribution in [1.82, 2.24) is 19.9 Å². The summed E-state index contributed by atoms with van der Waals surface area (Å²) in [6.07, 6.45) is 3.41. The van der Waals surface area contributed by atoms with Gasteiger partial charge in [-0.15, -0.1) is 0 Å². The summed E-state index contributed by atoms with van der Waals surface area (Å²) in [4.78, 5) is 35.4. The molecule has 8 heteroatoms. The van der Waals surface area contributed by atoms with Crippen molar-refractivity contribution >= 4 is 23.3 Å². The summed E-state index contributed by atoms with van der Waals surface area (Å²) in [6.45, 7) is 0.736. The molecule has 1 amide bonds. The van der Waals surface area contributed by atoms with Gasteiger partial charge in [-0.05, 0) is 42.0 Å². The van der Waals surface area contributed by atoms with Crippen LogP contribution in [0.5, 0.6) is 5.75 Å². The fraction of sp³-hybridized carbons (Fsp3) is 0.130. The van der Waals surface area contributed by atoms with Gasteiger partial charge in [0.2, 0.25) is 0 Å². The summed E-state index contributed by atoms with van der Waals surface area (Å²) in [6, 6.07) is 16.6. The summed E-state index contributed by atoms with van der Waals surface area (Å²) in [5.41, 5.74) is 4.30. The summed E-state index contributed by atoms with van der Waals surface area (Å²) < 4.78 is 0. The van der Waals surface area contributed by atoms with Crippen LogP contribution in [0.25, 0.3) is 10.9 Å². The lowest BCUT2D eigenvalue weighted by Crippen LogP contribution is -2.38. The van der Waals surface area contributed by atoms with Crippen LogP contribution in [0, 0.1) is 0 Å². The topological polar surface area (TPSA) is 119 Å². The third-order valence-electron chi connectivity index (χ3n) is 5.24. The highest BCUT2D eigenvalue weighted by Crippen LogP contribution is 2.33. The highest BCUT2D eigenvalue weighted by molar-refractivity contribution is 5.98. The largest absolute Gasteiger partial charge is 0.508 e.